The van der Waals surface area contributed by atoms with Crippen LogP contribution >= 0.6 is 11.3 Å². The number of rotatable bonds is 2. The molecular formula is C6H7NO4S. The van der Waals surface area contributed by atoms with Gasteiger partial charge in [0.1, 0.15) is 0 Å². The SMILES string of the molecule is COC(=O)Cc1sc(=O)[nH]c1O. The van der Waals surface area contributed by atoms with Crippen LogP contribution < -0.4 is 4.87 Å². The predicted molar refractivity (Wildman–Crippen MR) is 42.3 cm³/mol. The van der Waals surface area contributed by atoms with Crippen molar-refractivity contribution >= 4 is 17.3 Å². The van der Waals surface area contributed by atoms with Gasteiger partial charge in [0.25, 0.3) is 0 Å². The van der Waals surface area contributed by atoms with Gasteiger partial charge in [0.15, 0.2) is 0 Å². The highest BCUT2D eigenvalue weighted by Gasteiger charge is 2.11. The summed E-state index contributed by atoms with van der Waals surface area (Å²) in [6, 6.07) is 0. The van der Waals surface area contributed by atoms with Gasteiger partial charge < -0.3 is 9.84 Å². The molecular weight excluding hydrogens is 182 g/mol. The number of aromatic amines is 1. The van der Waals surface area contributed by atoms with E-state index in [1.165, 1.54) is 7.11 Å². The van der Waals surface area contributed by atoms with Gasteiger partial charge in [-0.05, 0) is 0 Å². The second kappa shape index (κ2) is 3.40. The van der Waals surface area contributed by atoms with Gasteiger partial charge in [-0.1, -0.05) is 11.3 Å². The van der Waals surface area contributed by atoms with Gasteiger partial charge in [0, 0.05) is 0 Å². The first-order chi connectivity index (χ1) is 5.63. The van der Waals surface area contributed by atoms with Crippen molar-refractivity contribution in [3.05, 3.63) is 14.5 Å². The summed E-state index contributed by atoms with van der Waals surface area (Å²) in [5, 5.41) is 9.02. The van der Waals surface area contributed by atoms with Crippen molar-refractivity contribution < 1.29 is 14.6 Å². The Balaban J connectivity index is 2.82. The predicted octanol–water partition coefficient (Wildman–Crippen LogP) is -0.143. The molecule has 12 heavy (non-hydrogen) atoms. The Kier molecular flexibility index (Phi) is 2.49. The summed E-state index contributed by atoms with van der Waals surface area (Å²) in [6.07, 6.45) is -0.0776. The van der Waals surface area contributed by atoms with Crippen LogP contribution in [0.15, 0.2) is 4.79 Å². The number of hydrogen-bond donors (Lipinski definition) is 2. The quantitative estimate of drug-likeness (QED) is 0.634. The molecule has 0 amide bonds. The number of ether oxygens (including phenoxy) is 1. The van der Waals surface area contributed by atoms with E-state index in [-0.39, 0.29) is 17.2 Å². The number of esters is 1. The number of aromatic hydroxyl groups is 1. The Bertz CT molecular complexity index is 340. The Morgan fingerprint density at radius 3 is 2.83 bits per heavy atom. The molecule has 0 spiro atoms. The topological polar surface area (TPSA) is 79.4 Å². The van der Waals surface area contributed by atoms with E-state index in [9.17, 15) is 9.59 Å². The van der Waals surface area contributed by atoms with E-state index in [2.05, 4.69) is 9.72 Å². The van der Waals surface area contributed by atoms with E-state index in [1.54, 1.807) is 0 Å². The molecule has 0 unspecified atom stereocenters. The molecule has 0 aromatic carbocycles. The van der Waals surface area contributed by atoms with Gasteiger partial charge in [0.2, 0.25) is 5.88 Å². The first kappa shape index (κ1) is 8.79. The average molecular weight is 189 g/mol. The lowest BCUT2D eigenvalue weighted by Crippen LogP contribution is -2.02. The average Bonchev–Trinajstić information content (AvgIpc) is 2.30. The molecule has 1 aromatic heterocycles. The summed E-state index contributed by atoms with van der Waals surface area (Å²) >= 11 is 0.796. The summed E-state index contributed by atoms with van der Waals surface area (Å²) in [6.45, 7) is 0. The standard InChI is InChI=1S/C6H7NO4S/c1-11-4(8)2-3-5(9)7-6(10)12-3/h9H,2H2,1H3,(H,7,10). The number of thiazole rings is 1. The summed E-state index contributed by atoms with van der Waals surface area (Å²) in [5.74, 6) is -0.740. The minimum Gasteiger partial charge on any atom is -0.494 e. The molecule has 1 aromatic rings. The van der Waals surface area contributed by atoms with Crippen LogP contribution in [0.25, 0.3) is 0 Å². The van der Waals surface area contributed by atoms with Crippen molar-refractivity contribution in [3.8, 4) is 5.88 Å². The zero-order valence-corrected chi connectivity index (χ0v) is 7.10. The van der Waals surface area contributed by atoms with Crippen LogP contribution in [0.4, 0.5) is 0 Å². The third-order valence-corrected chi connectivity index (χ3v) is 2.10. The van der Waals surface area contributed by atoms with E-state index in [0.717, 1.165) is 11.3 Å². The highest BCUT2D eigenvalue weighted by Crippen LogP contribution is 2.16. The molecule has 1 rings (SSSR count). The number of carbonyl (C=O) groups is 1. The zero-order chi connectivity index (χ0) is 9.14. The molecule has 1 heterocycles. The van der Waals surface area contributed by atoms with E-state index >= 15 is 0 Å². The van der Waals surface area contributed by atoms with Crippen molar-refractivity contribution in [1.29, 1.82) is 0 Å². The van der Waals surface area contributed by atoms with E-state index in [0.29, 0.717) is 4.88 Å². The number of hydrogen-bond acceptors (Lipinski definition) is 5. The van der Waals surface area contributed by atoms with Crippen LogP contribution in [0.1, 0.15) is 4.88 Å². The first-order valence-electron chi connectivity index (χ1n) is 3.11. The summed E-state index contributed by atoms with van der Waals surface area (Å²) in [4.78, 5) is 23.4. The lowest BCUT2D eigenvalue weighted by molar-refractivity contribution is -0.139. The van der Waals surface area contributed by atoms with Crippen LogP contribution in [0.3, 0.4) is 0 Å². The lowest BCUT2D eigenvalue weighted by Gasteiger charge is -1.94. The number of aromatic nitrogens is 1. The third kappa shape index (κ3) is 1.85. The number of methoxy groups -OCH3 is 1. The van der Waals surface area contributed by atoms with Gasteiger partial charge >= 0.3 is 10.8 Å². The number of H-pyrrole nitrogens is 1. The fourth-order valence-corrected chi connectivity index (χ4v) is 1.38. The van der Waals surface area contributed by atoms with Crippen molar-refractivity contribution in [3.63, 3.8) is 0 Å². The number of carbonyl (C=O) groups excluding carboxylic acids is 1. The van der Waals surface area contributed by atoms with Gasteiger partial charge in [-0.15, -0.1) is 0 Å². The van der Waals surface area contributed by atoms with E-state index in [4.69, 9.17) is 5.11 Å². The van der Waals surface area contributed by atoms with Crippen molar-refractivity contribution in [1.82, 2.24) is 4.98 Å². The Morgan fingerprint density at radius 1 is 1.75 bits per heavy atom. The maximum absolute atomic E-state index is 10.7. The minimum atomic E-state index is -0.486. The van der Waals surface area contributed by atoms with Crippen LogP contribution in [-0.2, 0) is 16.0 Å². The first-order valence-corrected chi connectivity index (χ1v) is 3.93. The molecule has 0 aliphatic rings. The largest absolute Gasteiger partial charge is 0.494 e. The van der Waals surface area contributed by atoms with E-state index < -0.39 is 5.97 Å². The monoisotopic (exact) mass is 189 g/mol. The maximum Gasteiger partial charge on any atom is 0.311 e. The molecule has 0 aliphatic heterocycles. The molecule has 6 heteroatoms. The van der Waals surface area contributed by atoms with Gasteiger partial charge in [0.05, 0.1) is 18.4 Å². The minimum absolute atomic E-state index is 0.0776. The Morgan fingerprint density at radius 2 is 2.42 bits per heavy atom. The number of nitrogens with one attached hydrogen (secondary N) is 1. The van der Waals surface area contributed by atoms with Gasteiger partial charge in [-0.2, -0.15) is 0 Å². The van der Waals surface area contributed by atoms with Crippen LogP contribution in [0.5, 0.6) is 5.88 Å². The molecule has 5 nitrogen and oxygen atoms in total. The highest BCUT2D eigenvalue weighted by molar-refractivity contribution is 7.09. The molecule has 0 aliphatic carbocycles. The molecule has 0 radical (unpaired) electrons. The normalized spacial score (nSPS) is 9.75. The van der Waals surface area contributed by atoms with Gasteiger partial charge in [-0.25, -0.2) is 0 Å². The third-order valence-electron chi connectivity index (χ3n) is 1.23. The molecule has 2 N–H and O–H groups in total. The van der Waals surface area contributed by atoms with Crippen LogP contribution in [0.2, 0.25) is 0 Å². The molecule has 66 valence electrons. The fraction of sp³-hybridized carbons (Fsp3) is 0.333. The van der Waals surface area contributed by atoms with Crippen molar-refractivity contribution in [2.24, 2.45) is 0 Å². The fourth-order valence-electron chi connectivity index (χ4n) is 0.675. The molecule has 0 saturated heterocycles. The van der Waals surface area contributed by atoms with Crippen molar-refractivity contribution in [2.75, 3.05) is 7.11 Å². The molecule has 0 fully saturated rings. The van der Waals surface area contributed by atoms with Crippen LogP contribution in [0, 0.1) is 0 Å². The van der Waals surface area contributed by atoms with Gasteiger partial charge in [-0.3, -0.25) is 14.6 Å². The maximum atomic E-state index is 10.7. The summed E-state index contributed by atoms with van der Waals surface area (Å²) < 4.78 is 4.36. The summed E-state index contributed by atoms with van der Waals surface area (Å²) in [7, 11) is 1.24. The highest BCUT2D eigenvalue weighted by atomic mass is 32.1. The van der Waals surface area contributed by atoms with E-state index in [1.807, 2.05) is 0 Å². The van der Waals surface area contributed by atoms with Crippen molar-refractivity contribution in [2.45, 2.75) is 6.42 Å². The molecule has 0 saturated carbocycles. The Labute approximate surface area is 71.6 Å². The summed E-state index contributed by atoms with van der Waals surface area (Å²) in [5.41, 5.74) is 0. The smallest absolute Gasteiger partial charge is 0.311 e. The molecule has 0 atom stereocenters. The zero-order valence-electron chi connectivity index (χ0n) is 6.29. The second-order valence-electron chi connectivity index (χ2n) is 2.04. The second-order valence-corrected chi connectivity index (χ2v) is 3.11. The lowest BCUT2D eigenvalue weighted by atomic mass is 10.4. The molecule has 0 bridgehead atoms. The van der Waals surface area contributed by atoms with Crippen LogP contribution in [-0.4, -0.2) is 23.2 Å². The Hall–Kier alpha value is -1.30.